The SMILES string of the molecule is CC(C)C(NC(=O)C12CC3CC(C1)CC(n1ncnn1)(C3)C2)c1ccc(F)cc1. The second-order valence-corrected chi connectivity index (χ2v) is 9.94. The van der Waals surface area contributed by atoms with Crippen LogP contribution >= 0.6 is 0 Å². The normalized spacial score (nSPS) is 33.8. The fourth-order valence-electron chi connectivity index (χ4n) is 6.70. The number of benzene rings is 1. The molecule has 4 bridgehead atoms. The first-order chi connectivity index (χ1) is 13.9. The van der Waals surface area contributed by atoms with Crippen molar-refractivity contribution in [2.45, 2.75) is 64.0 Å². The Labute approximate surface area is 170 Å². The van der Waals surface area contributed by atoms with Gasteiger partial charge in [-0.05, 0) is 79.2 Å². The van der Waals surface area contributed by atoms with Gasteiger partial charge in [0, 0.05) is 0 Å². The molecule has 0 saturated heterocycles. The standard InChI is InChI=1S/C22H28FN5O/c1-14(2)19(17-3-5-18(23)6-4-17)26-20(29)21-8-15-7-16(9-21)11-22(10-15,12-21)28-25-13-24-27-28/h3-6,13-16,19H,7-12H2,1-2H3,(H,26,29). The zero-order valence-electron chi connectivity index (χ0n) is 17.0. The number of carbonyl (C=O) groups is 1. The lowest BCUT2D eigenvalue weighted by atomic mass is 9.46. The van der Waals surface area contributed by atoms with E-state index in [0.29, 0.717) is 11.8 Å². The van der Waals surface area contributed by atoms with Crippen LogP contribution in [0.25, 0.3) is 0 Å². The fraction of sp³-hybridized carbons (Fsp3) is 0.636. The molecule has 154 valence electrons. The second kappa shape index (κ2) is 6.61. The van der Waals surface area contributed by atoms with Gasteiger partial charge in [-0.3, -0.25) is 4.79 Å². The number of halogens is 1. The van der Waals surface area contributed by atoms with Crippen LogP contribution in [0.3, 0.4) is 0 Å². The van der Waals surface area contributed by atoms with Gasteiger partial charge in [-0.1, -0.05) is 26.0 Å². The Balaban J connectivity index is 1.43. The van der Waals surface area contributed by atoms with Crippen LogP contribution in [0, 0.1) is 29.0 Å². The van der Waals surface area contributed by atoms with E-state index >= 15 is 0 Å². The van der Waals surface area contributed by atoms with Gasteiger partial charge in [0.25, 0.3) is 0 Å². The van der Waals surface area contributed by atoms with Crippen molar-refractivity contribution in [3.8, 4) is 0 Å². The molecular formula is C22H28FN5O. The molecule has 3 unspecified atom stereocenters. The minimum atomic E-state index is -0.370. The number of nitrogens with zero attached hydrogens (tertiary/aromatic N) is 4. The zero-order chi connectivity index (χ0) is 20.2. The van der Waals surface area contributed by atoms with Crippen LogP contribution in [0.1, 0.15) is 64.0 Å². The first-order valence-electron chi connectivity index (χ1n) is 10.7. The van der Waals surface area contributed by atoms with Crippen LogP contribution in [0.4, 0.5) is 4.39 Å². The molecule has 6 nitrogen and oxygen atoms in total. The van der Waals surface area contributed by atoms with E-state index in [0.717, 1.165) is 37.7 Å². The van der Waals surface area contributed by atoms with Crippen LogP contribution in [0.15, 0.2) is 30.6 Å². The molecule has 29 heavy (non-hydrogen) atoms. The Hall–Kier alpha value is -2.31. The van der Waals surface area contributed by atoms with E-state index in [-0.39, 0.29) is 34.6 Å². The minimum absolute atomic E-state index is 0.128. The Kier molecular flexibility index (Phi) is 4.26. The zero-order valence-corrected chi connectivity index (χ0v) is 17.0. The largest absolute Gasteiger partial charge is 0.349 e. The summed E-state index contributed by atoms with van der Waals surface area (Å²) in [5.41, 5.74) is 0.401. The molecule has 6 rings (SSSR count). The molecule has 0 aliphatic heterocycles. The van der Waals surface area contributed by atoms with E-state index in [1.165, 1.54) is 24.9 Å². The van der Waals surface area contributed by atoms with Gasteiger partial charge in [-0.2, -0.15) is 4.80 Å². The lowest BCUT2D eigenvalue weighted by Crippen LogP contribution is -2.61. The van der Waals surface area contributed by atoms with Gasteiger partial charge in [0.2, 0.25) is 5.91 Å². The van der Waals surface area contributed by atoms with Crippen molar-refractivity contribution in [2.24, 2.45) is 23.2 Å². The Bertz CT molecular complexity index is 880. The van der Waals surface area contributed by atoms with Gasteiger partial charge in [0.05, 0.1) is 17.0 Å². The van der Waals surface area contributed by atoms with E-state index < -0.39 is 0 Å². The van der Waals surface area contributed by atoms with Crippen molar-refractivity contribution in [3.05, 3.63) is 42.0 Å². The maximum atomic E-state index is 13.7. The number of tetrazole rings is 1. The highest BCUT2D eigenvalue weighted by Gasteiger charge is 2.62. The predicted octanol–water partition coefficient (Wildman–Crippen LogP) is 3.62. The molecule has 4 fully saturated rings. The lowest BCUT2D eigenvalue weighted by molar-refractivity contribution is -0.158. The summed E-state index contributed by atoms with van der Waals surface area (Å²) < 4.78 is 13.4. The van der Waals surface area contributed by atoms with E-state index in [9.17, 15) is 9.18 Å². The van der Waals surface area contributed by atoms with Crippen molar-refractivity contribution < 1.29 is 9.18 Å². The van der Waals surface area contributed by atoms with E-state index in [4.69, 9.17) is 0 Å². The quantitative estimate of drug-likeness (QED) is 0.836. The number of hydrogen-bond acceptors (Lipinski definition) is 4. The number of amides is 1. The second-order valence-electron chi connectivity index (χ2n) is 9.94. The van der Waals surface area contributed by atoms with Crippen LogP contribution < -0.4 is 5.32 Å². The smallest absolute Gasteiger partial charge is 0.226 e. The molecule has 2 aromatic rings. The van der Waals surface area contributed by atoms with Crippen molar-refractivity contribution in [2.75, 3.05) is 0 Å². The topological polar surface area (TPSA) is 72.7 Å². The van der Waals surface area contributed by atoms with Gasteiger partial charge < -0.3 is 5.32 Å². The molecule has 1 amide bonds. The molecule has 0 radical (unpaired) electrons. The third kappa shape index (κ3) is 3.06. The average Bonchev–Trinajstić information content (AvgIpc) is 3.21. The van der Waals surface area contributed by atoms with Crippen molar-refractivity contribution in [1.82, 2.24) is 25.5 Å². The summed E-state index contributed by atoms with van der Waals surface area (Å²) in [6, 6.07) is 6.36. The van der Waals surface area contributed by atoms with Crippen LogP contribution in [0.5, 0.6) is 0 Å². The highest BCUT2D eigenvalue weighted by molar-refractivity contribution is 5.83. The summed E-state index contributed by atoms with van der Waals surface area (Å²) in [7, 11) is 0. The molecule has 1 heterocycles. The molecular weight excluding hydrogens is 369 g/mol. The Morgan fingerprint density at radius 1 is 1.17 bits per heavy atom. The lowest BCUT2D eigenvalue weighted by Gasteiger charge is -2.60. The third-order valence-corrected chi connectivity index (χ3v) is 7.47. The van der Waals surface area contributed by atoms with Crippen molar-refractivity contribution >= 4 is 5.91 Å². The van der Waals surface area contributed by atoms with Crippen molar-refractivity contribution in [1.29, 1.82) is 0 Å². The summed E-state index contributed by atoms with van der Waals surface area (Å²) in [5, 5.41) is 15.9. The van der Waals surface area contributed by atoms with Crippen LogP contribution in [-0.2, 0) is 10.3 Å². The van der Waals surface area contributed by atoms with Gasteiger partial charge in [0.15, 0.2) is 6.33 Å². The first kappa shape index (κ1) is 18.7. The van der Waals surface area contributed by atoms with Gasteiger partial charge in [-0.25, -0.2) is 4.39 Å². The minimum Gasteiger partial charge on any atom is -0.349 e. The molecule has 7 heteroatoms. The number of aromatic nitrogens is 4. The van der Waals surface area contributed by atoms with Crippen molar-refractivity contribution in [3.63, 3.8) is 0 Å². The van der Waals surface area contributed by atoms with E-state index in [2.05, 4.69) is 34.6 Å². The molecule has 4 aliphatic rings. The number of nitrogens with one attached hydrogen (secondary N) is 1. The fourth-order valence-corrected chi connectivity index (χ4v) is 6.70. The summed E-state index contributed by atoms with van der Waals surface area (Å²) in [5.74, 6) is 1.17. The Morgan fingerprint density at radius 2 is 1.86 bits per heavy atom. The van der Waals surface area contributed by atoms with Crippen LogP contribution in [-0.4, -0.2) is 26.1 Å². The molecule has 1 aromatic heterocycles. The maximum Gasteiger partial charge on any atom is 0.226 e. The third-order valence-electron chi connectivity index (χ3n) is 7.47. The highest BCUT2D eigenvalue weighted by atomic mass is 19.1. The van der Waals surface area contributed by atoms with Gasteiger partial charge >= 0.3 is 0 Å². The summed E-state index contributed by atoms with van der Waals surface area (Å²) in [6.45, 7) is 4.18. The summed E-state index contributed by atoms with van der Waals surface area (Å²) >= 11 is 0. The Morgan fingerprint density at radius 3 is 2.45 bits per heavy atom. The van der Waals surface area contributed by atoms with E-state index in [1.807, 2.05) is 0 Å². The predicted molar refractivity (Wildman–Crippen MR) is 105 cm³/mol. The molecule has 1 N–H and O–H groups in total. The number of carbonyl (C=O) groups excluding carboxylic acids is 1. The van der Waals surface area contributed by atoms with Gasteiger partial charge in [0.1, 0.15) is 5.82 Å². The number of hydrogen-bond donors (Lipinski definition) is 1. The highest BCUT2D eigenvalue weighted by Crippen LogP contribution is 2.64. The monoisotopic (exact) mass is 397 g/mol. The molecule has 0 spiro atoms. The summed E-state index contributed by atoms with van der Waals surface area (Å²) in [6.07, 6.45) is 7.45. The summed E-state index contributed by atoms with van der Waals surface area (Å²) in [4.78, 5) is 15.5. The van der Waals surface area contributed by atoms with Gasteiger partial charge in [-0.15, -0.1) is 10.2 Å². The molecule has 4 saturated carbocycles. The van der Waals surface area contributed by atoms with Crippen LogP contribution in [0.2, 0.25) is 0 Å². The maximum absolute atomic E-state index is 13.7. The van der Waals surface area contributed by atoms with E-state index in [1.54, 1.807) is 16.9 Å². The first-order valence-corrected chi connectivity index (χ1v) is 10.7. The molecule has 4 aliphatic carbocycles. The molecule has 1 aromatic carbocycles. The average molecular weight is 397 g/mol. The number of rotatable bonds is 5. The molecule has 3 atom stereocenters.